The van der Waals surface area contributed by atoms with Gasteiger partial charge in [-0.05, 0) is 37.5 Å². The number of nitrogens with one attached hydrogen (secondary N) is 1. The zero-order chi connectivity index (χ0) is 25.2. The van der Waals surface area contributed by atoms with Crippen molar-refractivity contribution < 1.29 is 27.6 Å². The van der Waals surface area contributed by atoms with Crippen molar-refractivity contribution >= 4 is 23.7 Å². The highest BCUT2D eigenvalue weighted by Gasteiger charge is 2.48. The van der Waals surface area contributed by atoms with Gasteiger partial charge in [0.25, 0.3) is 5.91 Å². The van der Waals surface area contributed by atoms with Gasteiger partial charge in [0, 0.05) is 32.4 Å². The summed E-state index contributed by atoms with van der Waals surface area (Å²) in [5.74, 6) is -0.395. The van der Waals surface area contributed by atoms with Crippen molar-refractivity contribution in [1.29, 1.82) is 0 Å². The number of piperazine rings is 1. The number of imide groups is 1. The van der Waals surface area contributed by atoms with Gasteiger partial charge in [-0.3, -0.25) is 14.5 Å². The molecule has 8 nitrogen and oxygen atoms in total. The molecule has 1 atom stereocenters. The molecule has 0 radical (unpaired) electrons. The van der Waals surface area contributed by atoms with E-state index >= 15 is 0 Å². The van der Waals surface area contributed by atoms with Crippen molar-refractivity contribution in [3.63, 3.8) is 0 Å². The molecular weight excluding hydrogens is 463 g/mol. The number of hydrogen-bond acceptors (Lipinski definition) is 5. The Morgan fingerprint density at radius 3 is 2.34 bits per heavy atom. The summed E-state index contributed by atoms with van der Waals surface area (Å²) in [5, 5.41) is 2.72. The first kappa shape index (κ1) is 24.5. The van der Waals surface area contributed by atoms with E-state index in [4.69, 9.17) is 0 Å². The number of amides is 4. The first-order valence-corrected chi connectivity index (χ1v) is 11.3. The van der Waals surface area contributed by atoms with Crippen LogP contribution in [0.1, 0.15) is 24.5 Å². The molecule has 0 aliphatic carbocycles. The van der Waals surface area contributed by atoms with Gasteiger partial charge in [0.1, 0.15) is 17.9 Å². The number of aromatic nitrogens is 1. The number of carbonyl (C=O) groups excluding carboxylic acids is 3. The molecule has 0 spiro atoms. The molecule has 11 heteroatoms. The van der Waals surface area contributed by atoms with E-state index in [1.54, 1.807) is 16.7 Å². The molecule has 4 rings (SSSR count). The number of hydrogen-bond donors (Lipinski definition) is 1. The van der Waals surface area contributed by atoms with Crippen LogP contribution in [0.15, 0.2) is 48.7 Å². The quantitative estimate of drug-likeness (QED) is 0.631. The molecule has 1 aromatic heterocycles. The summed E-state index contributed by atoms with van der Waals surface area (Å²) in [7, 11) is 0. The van der Waals surface area contributed by atoms with E-state index in [0.717, 1.165) is 22.7 Å². The summed E-state index contributed by atoms with van der Waals surface area (Å²) in [6, 6.07) is 11.3. The summed E-state index contributed by atoms with van der Waals surface area (Å²) in [6.45, 7) is 2.66. The van der Waals surface area contributed by atoms with Gasteiger partial charge >= 0.3 is 12.2 Å². The van der Waals surface area contributed by atoms with E-state index in [0.29, 0.717) is 44.8 Å². The molecule has 1 N–H and O–H groups in total. The van der Waals surface area contributed by atoms with Crippen LogP contribution in [0.4, 0.5) is 23.8 Å². The predicted octanol–water partition coefficient (Wildman–Crippen LogP) is 2.69. The molecule has 1 unspecified atom stereocenters. The van der Waals surface area contributed by atoms with Gasteiger partial charge in [-0.2, -0.15) is 13.2 Å². The van der Waals surface area contributed by atoms with Crippen LogP contribution in [0.3, 0.4) is 0 Å². The second kappa shape index (κ2) is 9.55. The van der Waals surface area contributed by atoms with Crippen molar-refractivity contribution in [2.75, 3.05) is 37.6 Å². The van der Waals surface area contributed by atoms with Crippen molar-refractivity contribution in [1.82, 2.24) is 20.1 Å². The summed E-state index contributed by atoms with van der Waals surface area (Å²) in [5.41, 5.74) is -0.856. The molecule has 2 saturated heterocycles. The number of rotatable bonds is 6. The number of anilines is 1. The summed E-state index contributed by atoms with van der Waals surface area (Å²) >= 11 is 0. The van der Waals surface area contributed by atoms with Crippen LogP contribution in [-0.4, -0.2) is 70.9 Å². The maximum atomic E-state index is 13.0. The minimum atomic E-state index is -4.45. The lowest BCUT2D eigenvalue weighted by molar-refractivity contribution is -0.139. The number of halogens is 3. The summed E-state index contributed by atoms with van der Waals surface area (Å²) in [4.78, 5) is 46.5. The monoisotopic (exact) mass is 489 g/mol. The average molecular weight is 489 g/mol. The number of urea groups is 1. The van der Waals surface area contributed by atoms with Crippen molar-refractivity contribution in [3.8, 4) is 0 Å². The standard InChI is InChI=1S/C24H26F3N5O3/c1-23(10-9-17-5-3-2-4-6-17)21(34)32(22(35)29-23)16-20(33)31-13-11-30(12-14-31)19-8-7-18(15-28-19)24(25,26)27/h2-8,15H,9-14,16H2,1H3,(H,29,35). The van der Waals surface area contributed by atoms with Crippen LogP contribution in [0.5, 0.6) is 0 Å². The summed E-state index contributed by atoms with van der Waals surface area (Å²) < 4.78 is 38.2. The van der Waals surface area contributed by atoms with Gasteiger partial charge in [0.05, 0.1) is 5.56 Å². The Morgan fingerprint density at radius 1 is 1.06 bits per heavy atom. The smallest absolute Gasteiger partial charge is 0.353 e. The fraction of sp³-hybridized carbons (Fsp3) is 0.417. The first-order valence-electron chi connectivity index (χ1n) is 11.3. The minimum absolute atomic E-state index is 0.302. The van der Waals surface area contributed by atoms with Gasteiger partial charge in [0.15, 0.2) is 0 Å². The Hall–Kier alpha value is -3.63. The largest absolute Gasteiger partial charge is 0.417 e. The highest BCUT2D eigenvalue weighted by atomic mass is 19.4. The van der Waals surface area contributed by atoms with Crippen LogP contribution in [0.2, 0.25) is 0 Å². The number of nitrogens with zero attached hydrogens (tertiary/aromatic N) is 4. The van der Waals surface area contributed by atoms with Gasteiger partial charge < -0.3 is 15.1 Å². The Balaban J connectivity index is 1.30. The highest BCUT2D eigenvalue weighted by molar-refractivity contribution is 6.08. The van der Waals surface area contributed by atoms with Crippen LogP contribution in [-0.2, 0) is 22.2 Å². The van der Waals surface area contributed by atoms with E-state index in [-0.39, 0.29) is 12.5 Å². The molecule has 186 valence electrons. The molecular formula is C24H26F3N5O3. The molecule has 0 saturated carbocycles. The molecule has 35 heavy (non-hydrogen) atoms. The number of pyridine rings is 1. The van der Waals surface area contributed by atoms with Crippen molar-refractivity contribution in [2.24, 2.45) is 0 Å². The van der Waals surface area contributed by atoms with Gasteiger partial charge in [-0.15, -0.1) is 0 Å². The minimum Gasteiger partial charge on any atom is -0.353 e. The zero-order valence-electron chi connectivity index (χ0n) is 19.2. The molecule has 1 aromatic carbocycles. The highest BCUT2D eigenvalue weighted by Crippen LogP contribution is 2.29. The third-order valence-corrected chi connectivity index (χ3v) is 6.43. The molecule has 2 aliphatic heterocycles. The van der Waals surface area contributed by atoms with E-state index < -0.39 is 29.2 Å². The molecule has 2 aliphatic rings. The third kappa shape index (κ3) is 5.39. The summed E-state index contributed by atoms with van der Waals surface area (Å²) in [6.07, 6.45) is -2.65. The Labute approximate surface area is 200 Å². The maximum absolute atomic E-state index is 13.0. The van der Waals surface area contributed by atoms with Crippen LogP contribution in [0, 0.1) is 0 Å². The van der Waals surface area contributed by atoms with Gasteiger partial charge in [0.2, 0.25) is 5.91 Å². The average Bonchev–Trinajstić information content (AvgIpc) is 3.06. The number of alkyl halides is 3. The molecule has 4 amide bonds. The van der Waals surface area contributed by atoms with E-state index in [2.05, 4.69) is 10.3 Å². The van der Waals surface area contributed by atoms with E-state index in [1.165, 1.54) is 6.07 Å². The molecule has 3 heterocycles. The lowest BCUT2D eigenvalue weighted by Gasteiger charge is -2.36. The third-order valence-electron chi connectivity index (χ3n) is 6.43. The Kier molecular flexibility index (Phi) is 6.68. The zero-order valence-corrected chi connectivity index (χ0v) is 19.2. The van der Waals surface area contributed by atoms with Gasteiger partial charge in [-0.1, -0.05) is 30.3 Å². The van der Waals surface area contributed by atoms with Crippen LogP contribution < -0.4 is 10.2 Å². The van der Waals surface area contributed by atoms with Crippen molar-refractivity contribution in [3.05, 3.63) is 59.8 Å². The normalized spacial score (nSPS) is 20.9. The molecule has 2 fully saturated rings. The lowest BCUT2D eigenvalue weighted by atomic mass is 9.93. The van der Waals surface area contributed by atoms with Gasteiger partial charge in [-0.25, -0.2) is 9.78 Å². The molecule has 0 bridgehead atoms. The Bertz CT molecular complexity index is 1090. The Morgan fingerprint density at radius 2 is 1.74 bits per heavy atom. The number of benzene rings is 1. The number of carbonyl (C=O) groups is 3. The predicted molar refractivity (Wildman–Crippen MR) is 121 cm³/mol. The molecule has 2 aromatic rings. The van der Waals surface area contributed by atoms with E-state index in [1.807, 2.05) is 30.3 Å². The van der Waals surface area contributed by atoms with Crippen molar-refractivity contribution in [2.45, 2.75) is 31.5 Å². The topological polar surface area (TPSA) is 85.8 Å². The second-order valence-corrected chi connectivity index (χ2v) is 8.91. The van der Waals surface area contributed by atoms with E-state index in [9.17, 15) is 27.6 Å². The van der Waals surface area contributed by atoms with Crippen LogP contribution >= 0.6 is 0 Å². The maximum Gasteiger partial charge on any atom is 0.417 e. The lowest BCUT2D eigenvalue weighted by Crippen LogP contribution is -2.52. The fourth-order valence-electron chi connectivity index (χ4n) is 4.26. The first-order chi connectivity index (χ1) is 16.6. The fourth-order valence-corrected chi connectivity index (χ4v) is 4.26. The van der Waals surface area contributed by atoms with Crippen LogP contribution in [0.25, 0.3) is 0 Å². The SMILES string of the molecule is CC1(CCc2ccccc2)NC(=O)N(CC(=O)N2CCN(c3ccc(C(F)(F)F)cn3)CC2)C1=O. The second-order valence-electron chi connectivity index (χ2n) is 8.91. The number of aryl methyl sites for hydroxylation is 1.